The second kappa shape index (κ2) is 5.71. The molecule has 0 aliphatic heterocycles. The van der Waals surface area contributed by atoms with Gasteiger partial charge < -0.3 is 14.8 Å². The molecule has 1 atom stereocenters. The Labute approximate surface area is 126 Å². The first-order chi connectivity index (χ1) is 10.2. The number of thiophene rings is 1. The standard InChI is InChI=1S/C16H15NO3S/c1-10-11-5-2-3-7-14(11)21-15(10)16(19)17-12(9-18)13-6-4-8-20-13/h2-8,12,18H,9H2,1H3,(H,17,19). The van der Waals surface area contributed by atoms with Crippen LogP contribution in [0.15, 0.2) is 47.1 Å². The number of hydrogen-bond donors (Lipinski definition) is 2. The van der Waals surface area contributed by atoms with Crippen molar-refractivity contribution in [3.63, 3.8) is 0 Å². The van der Waals surface area contributed by atoms with Gasteiger partial charge in [-0.1, -0.05) is 18.2 Å². The summed E-state index contributed by atoms with van der Waals surface area (Å²) in [4.78, 5) is 13.1. The van der Waals surface area contributed by atoms with Crippen LogP contribution < -0.4 is 5.32 Å². The Bertz CT molecular complexity index is 761. The zero-order valence-corrected chi connectivity index (χ0v) is 12.3. The van der Waals surface area contributed by atoms with Crippen LogP contribution in [0, 0.1) is 6.92 Å². The fourth-order valence-electron chi connectivity index (χ4n) is 2.31. The van der Waals surface area contributed by atoms with Crippen LogP contribution in [0.1, 0.15) is 27.0 Å². The van der Waals surface area contributed by atoms with E-state index in [1.807, 2.05) is 31.2 Å². The molecule has 5 heteroatoms. The summed E-state index contributed by atoms with van der Waals surface area (Å²) >= 11 is 1.46. The summed E-state index contributed by atoms with van der Waals surface area (Å²) in [5.41, 5.74) is 0.962. The molecule has 1 aromatic carbocycles. The van der Waals surface area contributed by atoms with Crippen molar-refractivity contribution in [1.82, 2.24) is 5.32 Å². The fraction of sp³-hybridized carbons (Fsp3) is 0.188. The molecule has 2 aromatic heterocycles. The van der Waals surface area contributed by atoms with Gasteiger partial charge in [0.15, 0.2) is 0 Å². The molecule has 0 aliphatic carbocycles. The van der Waals surface area contributed by atoms with Crippen molar-refractivity contribution in [2.24, 2.45) is 0 Å². The summed E-state index contributed by atoms with van der Waals surface area (Å²) in [6.07, 6.45) is 1.52. The van der Waals surface area contributed by atoms with Crippen LogP contribution in [-0.2, 0) is 0 Å². The summed E-state index contributed by atoms with van der Waals surface area (Å²) in [7, 11) is 0. The van der Waals surface area contributed by atoms with Gasteiger partial charge in [0.05, 0.1) is 17.7 Å². The number of aliphatic hydroxyl groups excluding tert-OH is 1. The zero-order chi connectivity index (χ0) is 14.8. The number of furan rings is 1. The lowest BCUT2D eigenvalue weighted by Gasteiger charge is -2.13. The van der Waals surface area contributed by atoms with Crippen LogP contribution in [0.3, 0.4) is 0 Å². The second-order valence-electron chi connectivity index (χ2n) is 4.78. The molecule has 2 N–H and O–H groups in total. The van der Waals surface area contributed by atoms with E-state index in [0.29, 0.717) is 10.6 Å². The number of hydrogen-bond acceptors (Lipinski definition) is 4. The van der Waals surface area contributed by atoms with E-state index < -0.39 is 6.04 Å². The first-order valence-corrected chi connectivity index (χ1v) is 7.45. The van der Waals surface area contributed by atoms with Gasteiger partial charge in [0.2, 0.25) is 0 Å². The molecule has 3 rings (SSSR count). The Morgan fingerprint density at radius 2 is 2.14 bits per heavy atom. The highest BCUT2D eigenvalue weighted by molar-refractivity contribution is 7.21. The summed E-state index contributed by atoms with van der Waals surface area (Å²) in [6.45, 7) is 1.73. The van der Waals surface area contributed by atoms with Crippen LogP contribution in [-0.4, -0.2) is 17.6 Å². The predicted octanol–water partition coefficient (Wildman–Crippen LogP) is 3.27. The summed E-state index contributed by atoms with van der Waals surface area (Å²) in [5, 5.41) is 13.3. The Hall–Kier alpha value is -2.11. The SMILES string of the molecule is Cc1c(C(=O)NC(CO)c2ccco2)sc2ccccc12. The molecule has 0 aliphatic rings. The molecule has 0 saturated carbocycles. The highest BCUT2D eigenvalue weighted by atomic mass is 32.1. The lowest BCUT2D eigenvalue weighted by atomic mass is 10.1. The minimum atomic E-state index is -0.530. The molecule has 2 heterocycles. The topological polar surface area (TPSA) is 62.5 Å². The fourth-order valence-corrected chi connectivity index (χ4v) is 3.42. The maximum atomic E-state index is 12.4. The third-order valence-electron chi connectivity index (χ3n) is 3.42. The number of carbonyl (C=O) groups is 1. The number of amides is 1. The van der Waals surface area contributed by atoms with Crippen molar-refractivity contribution in [2.75, 3.05) is 6.61 Å². The quantitative estimate of drug-likeness (QED) is 0.777. The van der Waals surface area contributed by atoms with Gasteiger partial charge in [-0.15, -0.1) is 11.3 Å². The van der Waals surface area contributed by atoms with E-state index in [1.165, 1.54) is 17.6 Å². The number of fused-ring (bicyclic) bond motifs is 1. The number of nitrogens with one attached hydrogen (secondary N) is 1. The molecule has 0 bridgehead atoms. The minimum absolute atomic E-state index is 0.191. The summed E-state index contributed by atoms with van der Waals surface area (Å²) in [6, 6.07) is 10.9. The van der Waals surface area contributed by atoms with Gasteiger partial charge in [-0.3, -0.25) is 4.79 Å². The third-order valence-corrected chi connectivity index (χ3v) is 4.70. The Morgan fingerprint density at radius 1 is 1.33 bits per heavy atom. The van der Waals surface area contributed by atoms with E-state index in [0.717, 1.165) is 15.6 Å². The van der Waals surface area contributed by atoms with Gasteiger partial charge in [0.25, 0.3) is 5.91 Å². The van der Waals surface area contributed by atoms with E-state index >= 15 is 0 Å². The molecule has 0 fully saturated rings. The number of aryl methyl sites for hydroxylation is 1. The van der Waals surface area contributed by atoms with Gasteiger partial charge >= 0.3 is 0 Å². The van der Waals surface area contributed by atoms with Gasteiger partial charge in [-0.2, -0.15) is 0 Å². The molecule has 1 unspecified atom stereocenters. The van der Waals surface area contributed by atoms with E-state index in [2.05, 4.69) is 5.32 Å². The van der Waals surface area contributed by atoms with Gasteiger partial charge in [-0.25, -0.2) is 0 Å². The third kappa shape index (κ3) is 2.57. The van der Waals surface area contributed by atoms with Crippen molar-refractivity contribution >= 4 is 27.3 Å². The Morgan fingerprint density at radius 3 is 2.81 bits per heavy atom. The van der Waals surface area contributed by atoms with Crippen LogP contribution in [0.2, 0.25) is 0 Å². The molecular weight excluding hydrogens is 286 g/mol. The van der Waals surface area contributed by atoms with E-state index in [1.54, 1.807) is 12.1 Å². The molecule has 0 spiro atoms. The first kappa shape index (κ1) is 13.9. The lowest BCUT2D eigenvalue weighted by Crippen LogP contribution is -2.30. The Balaban J connectivity index is 1.88. The van der Waals surface area contributed by atoms with Crippen molar-refractivity contribution < 1.29 is 14.3 Å². The Kier molecular flexibility index (Phi) is 3.77. The second-order valence-corrected chi connectivity index (χ2v) is 5.83. The van der Waals surface area contributed by atoms with Gasteiger partial charge in [0.1, 0.15) is 11.8 Å². The lowest BCUT2D eigenvalue weighted by molar-refractivity contribution is 0.0911. The number of aliphatic hydroxyl groups is 1. The van der Waals surface area contributed by atoms with Crippen molar-refractivity contribution in [3.05, 3.63) is 58.9 Å². The van der Waals surface area contributed by atoms with Crippen LogP contribution in [0.25, 0.3) is 10.1 Å². The van der Waals surface area contributed by atoms with E-state index in [4.69, 9.17) is 4.42 Å². The number of benzene rings is 1. The molecular formula is C16H15NO3S. The van der Waals surface area contributed by atoms with Gasteiger partial charge in [0, 0.05) is 4.70 Å². The van der Waals surface area contributed by atoms with Crippen LogP contribution in [0.5, 0.6) is 0 Å². The molecule has 0 saturated heterocycles. The van der Waals surface area contributed by atoms with Crippen molar-refractivity contribution in [3.8, 4) is 0 Å². The smallest absolute Gasteiger partial charge is 0.262 e. The van der Waals surface area contributed by atoms with Crippen molar-refractivity contribution in [2.45, 2.75) is 13.0 Å². The number of carbonyl (C=O) groups excluding carboxylic acids is 1. The largest absolute Gasteiger partial charge is 0.467 e. The van der Waals surface area contributed by atoms with Crippen LogP contribution in [0.4, 0.5) is 0 Å². The average molecular weight is 301 g/mol. The molecule has 108 valence electrons. The molecule has 3 aromatic rings. The monoisotopic (exact) mass is 301 g/mol. The first-order valence-electron chi connectivity index (χ1n) is 6.64. The highest BCUT2D eigenvalue weighted by Gasteiger charge is 2.20. The predicted molar refractivity (Wildman–Crippen MR) is 82.6 cm³/mol. The highest BCUT2D eigenvalue weighted by Crippen LogP contribution is 2.30. The average Bonchev–Trinajstić information content (AvgIpc) is 3.13. The normalized spacial score (nSPS) is 12.5. The number of rotatable bonds is 4. The van der Waals surface area contributed by atoms with Crippen LogP contribution >= 0.6 is 11.3 Å². The zero-order valence-electron chi connectivity index (χ0n) is 11.5. The minimum Gasteiger partial charge on any atom is -0.467 e. The van der Waals surface area contributed by atoms with Crippen molar-refractivity contribution in [1.29, 1.82) is 0 Å². The molecule has 1 amide bonds. The van der Waals surface area contributed by atoms with E-state index in [9.17, 15) is 9.90 Å². The summed E-state index contributed by atoms with van der Waals surface area (Å²) < 4.78 is 6.32. The van der Waals surface area contributed by atoms with E-state index in [-0.39, 0.29) is 12.5 Å². The van der Waals surface area contributed by atoms with Gasteiger partial charge in [-0.05, 0) is 36.1 Å². The molecule has 21 heavy (non-hydrogen) atoms. The maximum absolute atomic E-state index is 12.4. The molecule has 4 nitrogen and oxygen atoms in total. The maximum Gasteiger partial charge on any atom is 0.262 e. The molecule has 0 radical (unpaired) electrons. The summed E-state index contributed by atoms with van der Waals surface area (Å²) in [5.74, 6) is 0.355.